The number of hydrogen-bond donors (Lipinski definition) is 3. The van der Waals surface area contributed by atoms with Crippen molar-refractivity contribution in [2.75, 3.05) is 26.4 Å². The third-order valence-electron chi connectivity index (χ3n) is 2.35. The smallest absolute Gasteiger partial charge is 0.256 e. The fourth-order valence-corrected chi connectivity index (χ4v) is 0.995. The zero-order valence-corrected chi connectivity index (χ0v) is 9.24. The predicted octanol–water partition coefficient (Wildman–Crippen LogP) is -0.328. The monoisotopic (exact) mass is 211 g/mol. The zero-order valence-electron chi connectivity index (χ0n) is 9.24. The Bertz CT molecular complexity index is 333. The van der Waals surface area contributed by atoms with Gasteiger partial charge in [0.05, 0.1) is 6.20 Å². The Hall–Kier alpha value is -1.56. The highest BCUT2D eigenvalue weighted by Crippen LogP contribution is 2.05. The third-order valence-corrected chi connectivity index (χ3v) is 2.35. The molecule has 1 aromatic heterocycles. The SMILES string of the molecule is CC(CNC(=O)c1cn[nH]c1N)N(C)C. The molecule has 4 N–H and O–H groups in total. The number of nitrogens with zero attached hydrogens (tertiary/aromatic N) is 2. The molecule has 1 unspecified atom stereocenters. The Kier molecular flexibility index (Phi) is 3.68. The molecule has 15 heavy (non-hydrogen) atoms. The van der Waals surface area contributed by atoms with Gasteiger partial charge in [0.1, 0.15) is 11.4 Å². The number of nitrogen functional groups attached to an aromatic ring is 1. The van der Waals surface area contributed by atoms with E-state index in [1.807, 2.05) is 25.9 Å². The number of rotatable bonds is 4. The Labute approximate surface area is 88.8 Å². The fourth-order valence-electron chi connectivity index (χ4n) is 0.995. The van der Waals surface area contributed by atoms with Crippen LogP contribution in [0.5, 0.6) is 0 Å². The second kappa shape index (κ2) is 4.79. The van der Waals surface area contributed by atoms with E-state index < -0.39 is 0 Å². The minimum absolute atomic E-state index is 0.199. The summed E-state index contributed by atoms with van der Waals surface area (Å²) in [6, 6.07) is 0.280. The average molecular weight is 211 g/mol. The highest BCUT2D eigenvalue weighted by molar-refractivity contribution is 5.98. The minimum atomic E-state index is -0.199. The molecular weight excluding hydrogens is 194 g/mol. The van der Waals surface area contributed by atoms with Gasteiger partial charge in [0.15, 0.2) is 0 Å². The first-order chi connectivity index (χ1) is 7.02. The molecule has 0 aliphatic rings. The van der Waals surface area contributed by atoms with Gasteiger partial charge in [0.2, 0.25) is 0 Å². The normalized spacial score (nSPS) is 12.8. The molecule has 0 saturated heterocycles. The van der Waals surface area contributed by atoms with E-state index in [1.165, 1.54) is 6.20 Å². The molecular formula is C9H17N5O. The quantitative estimate of drug-likeness (QED) is 0.636. The second-order valence-corrected chi connectivity index (χ2v) is 3.72. The van der Waals surface area contributed by atoms with Gasteiger partial charge in [-0.3, -0.25) is 9.89 Å². The van der Waals surface area contributed by atoms with Crippen LogP contribution in [0, 0.1) is 0 Å². The van der Waals surface area contributed by atoms with E-state index in [0.717, 1.165) is 0 Å². The van der Waals surface area contributed by atoms with Gasteiger partial charge in [-0.2, -0.15) is 5.10 Å². The topological polar surface area (TPSA) is 87.0 Å². The minimum Gasteiger partial charge on any atom is -0.383 e. The van der Waals surface area contributed by atoms with Gasteiger partial charge < -0.3 is 16.0 Å². The summed E-state index contributed by atoms with van der Waals surface area (Å²) < 4.78 is 0. The molecule has 6 heteroatoms. The summed E-state index contributed by atoms with van der Waals surface area (Å²) in [5, 5.41) is 8.99. The van der Waals surface area contributed by atoms with Crippen LogP contribution in [-0.2, 0) is 0 Å². The van der Waals surface area contributed by atoms with Gasteiger partial charge in [0, 0.05) is 12.6 Å². The summed E-state index contributed by atoms with van der Waals surface area (Å²) in [4.78, 5) is 13.6. The number of nitrogens with two attached hydrogens (primary N) is 1. The van der Waals surface area contributed by atoms with Gasteiger partial charge in [0.25, 0.3) is 5.91 Å². The van der Waals surface area contributed by atoms with E-state index in [1.54, 1.807) is 0 Å². The van der Waals surface area contributed by atoms with Crippen molar-refractivity contribution in [2.24, 2.45) is 0 Å². The number of H-pyrrole nitrogens is 1. The Morgan fingerprint density at radius 1 is 1.73 bits per heavy atom. The molecule has 0 bridgehead atoms. The van der Waals surface area contributed by atoms with Crippen LogP contribution in [0.4, 0.5) is 5.82 Å². The van der Waals surface area contributed by atoms with Gasteiger partial charge in [-0.1, -0.05) is 0 Å². The average Bonchev–Trinajstić information content (AvgIpc) is 2.60. The van der Waals surface area contributed by atoms with Crippen LogP contribution in [0.25, 0.3) is 0 Å². The number of anilines is 1. The maximum Gasteiger partial charge on any atom is 0.256 e. The molecule has 0 saturated carbocycles. The van der Waals surface area contributed by atoms with Crippen molar-refractivity contribution in [1.82, 2.24) is 20.4 Å². The number of amides is 1. The number of nitrogens with one attached hydrogen (secondary N) is 2. The van der Waals surface area contributed by atoms with E-state index in [-0.39, 0.29) is 11.9 Å². The number of carbonyl (C=O) groups excluding carboxylic acids is 1. The lowest BCUT2D eigenvalue weighted by molar-refractivity contribution is 0.0944. The van der Waals surface area contributed by atoms with E-state index in [4.69, 9.17) is 5.73 Å². The summed E-state index contributed by atoms with van der Waals surface area (Å²) in [7, 11) is 3.92. The van der Waals surface area contributed by atoms with Crippen LogP contribution in [0.15, 0.2) is 6.20 Å². The van der Waals surface area contributed by atoms with Crippen molar-refractivity contribution < 1.29 is 4.79 Å². The molecule has 1 aromatic rings. The van der Waals surface area contributed by atoms with Crippen LogP contribution in [-0.4, -0.2) is 47.7 Å². The highest BCUT2D eigenvalue weighted by Gasteiger charge is 2.12. The van der Waals surface area contributed by atoms with Crippen molar-refractivity contribution in [2.45, 2.75) is 13.0 Å². The van der Waals surface area contributed by atoms with Crippen molar-refractivity contribution in [3.05, 3.63) is 11.8 Å². The fraction of sp³-hybridized carbons (Fsp3) is 0.556. The second-order valence-electron chi connectivity index (χ2n) is 3.72. The molecule has 0 aliphatic carbocycles. The van der Waals surface area contributed by atoms with E-state index in [0.29, 0.717) is 17.9 Å². The van der Waals surface area contributed by atoms with E-state index in [2.05, 4.69) is 15.5 Å². The number of carbonyl (C=O) groups is 1. The standard InChI is InChI=1S/C9H17N5O/c1-6(14(2)3)4-11-9(15)7-5-12-13-8(7)10/h5-6H,4H2,1-3H3,(H,11,15)(H3,10,12,13). The molecule has 1 heterocycles. The van der Waals surface area contributed by atoms with E-state index >= 15 is 0 Å². The Balaban J connectivity index is 2.47. The maximum absolute atomic E-state index is 11.6. The summed E-state index contributed by atoms with van der Waals surface area (Å²) >= 11 is 0. The van der Waals surface area contributed by atoms with Crippen molar-refractivity contribution in [1.29, 1.82) is 0 Å². The number of likely N-dealkylation sites (N-methyl/N-ethyl adjacent to an activating group) is 1. The summed E-state index contributed by atoms with van der Waals surface area (Å²) in [5.74, 6) is 0.0972. The van der Waals surface area contributed by atoms with Crippen LogP contribution >= 0.6 is 0 Å². The lowest BCUT2D eigenvalue weighted by Gasteiger charge is -2.19. The molecule has 84 valence electrons. The number of aromatic nitrogens is 2. The summed E-state index contributed by atoms with van der Waals surface area (Å²) in [6.07, 6.45) is 1.42. The molecule has 0 radical (unpaired) electrons. The molecule has 1 atom stereocenters. The molecule has 0 spiro atoms. The Morgan fingerprint density at radius 2 is 2.40 bits per heavy atom. The third kappa shape index (κ3) is 2.95. The van der Waals surface area contributed by atoms with Crippen molar-refractivity contribution >= 4 is 11.7 Å². The number of aromatic amines is 1. The molecule has 0 aliphatic heterocycles. The summed E-state index contributed by atoms with van der Waals surface area (Å²) in [5.41, 5.74) is 5.91. The molecule has 6 nitrogen and oxygen atoms in total. The first kappa shape index (κ1) is 11.5. The zero-order chi connectivity index (χ0) is 11.4. The van der Waals surface area contributed by atoms with Gasteiger partial charge in [-0.15, -0.1) is 0 Å². The Morgan fingerprint density at radius 3 is 2.87 bits per heavy atom. The van der Waals surface area contributed by atoms with Crippen LogP contribution < -0.4 is 11.1 Å². The lowest BCUT2D eigenvalue weighted by atomic mass is 10.2. The molecule has 1 amide bonds. The first-order valence-corrected chi connectivity index (χ1v) is 4.76. The van der Waals surface area contributed by atoms with E-state index in [9.17, 15) is 4.79 Å². The van der Waals surface area contributed by atoms with Gasteiger partial charge in [-0.25, -0.2) is 0 Å². The molecule has 1 rings (SSSR count). The van der Waals surface area contributed by atoms with Crippen LogP contribution in [0.2, 0.25) is 0 Å². The predicted molar refractivity (Wildman–Crippen MR) is 58.5 cm³/mol. The highest BCUT2D eigenvalue weighted by atomic mass is 16.1. The number of hydrogen-bond acceptors (Lipinski definition) is 4. The van der Waals surface area contributed by atoms with Gasteiger partial charge in [-0.05, 0) is 21.0 Å². The maximum atomic E-state index is 11.6. The lowest BCUT2D eigenvalue weighted by Crippen LogP contribution is -2.38. The van der Waals surface area contributed by atoms with Gasteiger partial charge >= 0.3 is 0 Å². The van der Waals surface area contributed by atoms with Crippen LogP contribution in [0.1, 0.15) is 17.3 Å². The largest absolute Gasteiger partial charge is 0.383 e. The summed E-state index contributed by atoms with van der Waals surface area (Å²) in [6.45, 7) is 2.61. The molecule has 0 fully saturated rings. The van der Waals surface area contributed by atoms with Crippen molar-refractivity contribution in [3.8, 4) is 0 Å². The first-order valence-electron chi connectivity index (χ1n) is 4.76. The molecule has 0 aromatic carbocycles. The van der Waals surface area contributed by atoms with Crippen LogP contribution in [0.3, 0.4) is 0 Å². The van der Waals surface area contributed by atoms with Crippen molar-refractivity contribution in [3.63, 3.8) is 0 Å².